The van der Waals surface area contributed by atoms with Crippen LogP contribution in [0.15, 0.2) is 18.2 Å². The van der Waals surface area contributed by atoms with Gasteiger partial charge in [-0.25, -0.2) is 0 Å². The van der Waals surface area contributed by atoms with E-state index in [9.17, 15) is 9.59 Å². The van der Waals surface area contributed by atoms with Gasteiger partial charge in [0.15, 0.2) is 6.29 Å². The van der Waals surface area contributed by atoms with E-state index in [4.69, 9.17) is 17.3 Å². The number of benzene rings is 1. The molecule has 0 bridgehead atoms. The molecule has 1 aromatic carbocycles. The van der Waals surface area contributed by atoms with E-state index in [0.29, 0.717) is 17.1 Å². The third-order valence-electron chi connectivity index (χ3n) is 3.30. The number of halogens is 1. The number of piperidine rings is 1. The molecule has 0 aromatic heterocycles. The van der Waals surface area contributed by atoms with Crippen molar-refractivity contribution in [2.75, 3.05) is 18.0 Å². The number of amides is 1. The summed E-state index contributed by atoms with van der Waals surface area (Å²) in [7, 11) is 0. The van der Waals surface area contributed by atoms with Crippen LogP contribution in [-0.2, 0) is 4.79 Å². The Morgan fingerprint density at radius 2 is 2.28 bits per heavy atom. The van der Waals surface area contributed by atoms with Crippen LogP contribution in [0.25, 0.3) is 0 Å². The molecule has 18 heavy (non-hydrogen) atoms. The second-order valence-electron chi connectivity index (χ2n) is 4.51. The van der Waals surface area contributed by atoms with E-state index < -0.39 is 0 Å². The molecule has 1 atom stereocenters. The zero-order valence-corrected chi connectivity index (χ0v) is 10.7. The van der Waals surface area contributed by atoms with Crippen LogP contribution in [0, 0.1) is 5.92 Å². The summed E-state index contributed by atoms with van der Waals surface area (Å²) in [6, 6.07) is 5.30. The molecule has 1 fully saturated rings. The largest absolute Gasteiger partial charge is 0.371 e. The lowest BCUT2D eigenvalue weighted by molar-refractivity contribution is -0.122. The summed E-state index contributed by atoms with van der Waals surface area (Å²) < 4.78 is 0. The Kier molecular flexibility index (Phi) is 3.87. The molecule has 1 aromatic rings. The van der Waals surface area contributed by atoms with Crippen LogP contribution < -0.4 is 10.6 Å². The van der Waals surface area contributed by atoms with Crippen LogP contribution >= 0.6 is 11.6 Å². The smallest absolute Gasteiger partial charge is 0.222 e. The number of rotatable bonds is 3. The van der Waals surface area contributed by atoms with E-state index in [-0.39, 0.29) is 11.8 Å². The summed E-state index contributed by atoms with van der Waals surface area (Å²) in [5.74, 6) is -0.362. The van der Waals surface area contributed by atoms with E-state index >= 15 is 0 Å². The number of aldehydes is 1. The monoisotopic (exact) mass is 266 g/mol. The topological polar surface area (TPSA) is 63.4 Å². The summed E-state index contributed by atoms with van der Waals surface area (Å²) >= 11 is 6.00. The Labute approximate surface area is 111 Å². The molecule has 2 N–H and O–H groups in total. The molecule has 96 valence electrons. The van der Waals surface area contributed by atoms with Gasteiger partial charge < -0.3 is 10.6 Å². The highest BCUT2D eigenvalue weighted by atomic mass is 35.5. The lowest BCUT2D eigenvalue weighted by atomic mass is 9.97. The molecule has 0 aliphatic carbocycles. The van der Waals surface area contributed by atoms with Crippen molar-refractivity contribution in [2.45, 2.75) is 12.8 Å². The van der Waals surface area contributed by atoms with Crippen LogP contribution in [-0.4, -0.2) is 25.3 Å². The van der Waals surface area contributed by atoms with E-state index in [0.717, 1.165) is 31.4 Å². The van der Waals surface area contributed by atoms with Gasteiger partial charge in [-0.15, -0.1) is 0 Å². The maximum absolute atomic E-state index is 11.2. The van der Waals surface area contributed by atoms with Crippen molar-refractivity contribution < 1.29 is 9.59 Å². The third kappa shape index (κ3) is 2.64. The maximum Gasteiger partial charge on any atom is 0.222 e. The second-order valence-corrected chi connectivity index (χ2v) is 4.92. The van der Waals surface area contributed by atoms with Crippen molar-refractivity contribution in [2.24, 2.45) is 11.7 Å². The van der Waals surface area contributed by atoms with Crippen LogP contribution in [0.1, 0.15) is 23.2 Å². The van der Waals surface area contributed by atoms with Gasteiger partial charge in [0.1, 0.15) is 0 Å². The summed E-state index contributed by atoms with van der Waals surface area (Å²) in [6.45, 7) is 1.49. The summed E-state index contributed by atoms with van der Waals surface area (Å²) in [5.41, 5.74) is 6.75. The normalized spacial score (nSPS) is 19.6. The molecular weight excluding hydrogens is 252 g/mol. The number of primary amides is 1. The first kappa shape index (κ1) is 12.9. The zero-order valence-electron chi connectivity index (χ0n) is 9.93. The van der Waals surface area contributed by atoms with Crippen molar-refractivity contribution in [3.8, 4) is 0 Å². The van der Waals surface area contributed by atoms with Gasteiger partial charge in [0.25, 0.3) is 0 Å². The molecule has 2 rings (SSSR count). The number of anilines is 1. The number of nitrogens with two attached hydrogens (primary N) is 1. The number of carbonyl (C=O) groups is 2. The summed E-state index contributed by atoms with van der Waals surface area (Å²) in [4.78, 5) is 24.0. The van der Waals surface area contributed by atoms with Gasteiger partial charge in [-0.2, -0.15) is 0 Å². The average Bonchev–Trinajstić information content (AvgIpc) is 2.38. The van der Waals surface area contributed by atoms with Gasteiger partial charge in [0, 0.05) is 24.3 Å². The summed E-state index contributed by atoms with van der Waals surface area (Å²) in [5, 5.41) is 0.434. The molecule has 5 heteroatoms. The van der Waals surface area contributed by atoms with Gasteiger partial charge in [-0.1, -0.05) is 11.6 Å². The molecule has 1 aliphatic heterocycles. The fourth-order valence-corrected chi connectivity index (χ4v) is 2.47. The maximum atomic E-state index is 11.2. The van der Waals surface area contributed by atoms with Crippen molar-refractivity contribution in [1.29, 1.82) is 0 Å². The lowest BCUT2D eigenvalue weighted by Gasteiger charge is -2.33. The molecule has 1 aliphatic rings. The van der Waals surface area contributed by atoms with E-state index in [1.54, 1.807) is 12.1 Å². The minimum Gasteiger partial charge on any atom is -0.371 e. The van der Waals surface area contributed by atoms with Crippen molar-refractivity contribution >= 4 is 29.5 Å². The van der Waals surface area contributed by atoms with E-state index in [2.05, 4.69) is 4.90 Å². The van der Waals surface area contributed by atoms with E-state index in [1.165, 1.54) is 0 Å². The van der Waals surface area contributed by atoms with Crippen LogP contribution in [0.5, 0.6) is 0 Å². The minimum absolute atomic E-state index is 0.108. The average molecular weight is 267 g/mol. The van der Waals surface area contributed by atoms with Crippen molar-refractivity contribution in [3.63, 3.8) is 0 Å². The predicted octanol–water partition coefficient (Wildman–Crippen LogP) is 1.85. The minimum atomic E-state index is -0.254. The fraction of sp³-hybridized carbons (Fsp3) is 0.385. The SMILES string of the molecule is NC(=O)C1CCCN(c2ccc(C=O)c(Cl)c2)C1. The zero-order chi connectivity index (χ0) is 13.1. The first-order valence-corrected chi connectivity index (χ1v) is 6.28. The Morgan fingerprint density at radius 3 is 2.89 bits per heavy atom. The molecule has 1 saturated heterocycles. The Hall–Kier alpha value is -1.55. The molecule has 1 unspecified atom stereocenters. The fourth-order valence-electron chi connectivity index (χ4n) is 2.25. The quantitative estimate of drug-likeness (QED) is 0.850. The number of nitrogens with zero attached hydrogens (tertiary/aromatic N) is 1. The van der Waals surface area contributed by atoms with Crippen molar-refractivity contribution in [1.82, 2.24) is 0 Å². The van der Waals surface area contributed by atoms with E-state index in [1.807, 2.05) is 6.07 Å². The Balaban J connectivity index is 2.18. The van der Waals surface area contributed by atoms with Crippen molar-refractivity contribution in [3.05, 3.63) is 28.8 Å². The van der Waals surface area contributed by atoms with Gasteiger partial charge in [0.2, 0.25) is 5.91 Å². The molecule has 4 nitrogen and oxygen atoms in total. The molecular formula is C13H15ClN2O2. The molecule has 0 saturated carbocycles. The van der Waals surface area contributed by atoms with Gasteiger partial charge in [-0.05, 0) is 31.0 Å². The first-order chi connectivity index (χ1) is 8.61. The highest BCUT2D eigenvalue weighted by Crippen LogP contribution is 2.27. The number of hydrogen-bond donors (Lipinski definition) is 1. The Morgan fingerprint density at radius 1 is 1.50 bits per heavy atom. The second kappa shape index (κ2) is 5.40. The molecule has 0 radical (unpaired) electrons. The standard InChI is InChI=1S/C13H15ClN2O2/c14-12-6-11(4-3-10(12)8-17)16-5-1-2-9(7-16)13(15)18/h3-4,6,8-9H,1-2,5,7H2,(H2,15,18). The molecule has 1 heterocycles. The van der Waals surface area contributed by atoms with Gasteiger partial charge in [-0.3, -0.25) is 9.59 Å². The summed E-state index contributed by atoms with van der Waals surface area (Å²) in [6.07, 6.45) is 2.50. The lowest BCUT2D eigenvalue weighted by Crippen LogP contribution is -2.41. The third-order valence-corrected chi connectivity index (χ3v) is 3.63. The molecule has 1 amide bonds. The van der Waals surface area contributed by atoms with Gasteiger partial charge >= 0.3 is 0 Å². The van der Waals surface area contributed by atoms with Gasteiger partial charge in [0.05, 0.1) is 10.9 Å². The van der Waals surface area contributed by atoms with Crippen LogP contribution in [0.3, 0.4) is 0 Å². The highest BCUT2D eigenvalue weighted by Gasteiger charge is 2.24. The number of hydrogen-bond acceptors (Lipinski definition) is 3. The Bertz CT molecular complexity index is 476. The molecule has 0 spiro atoms. The number of carbonyl (C=O) groups excluding carboxylic acids is 2. The predicted molar refractivity (Wildman–Crippen MR) is 71.0 cm³/mol. The van der Waals surface area contributed by atoms with Crippen LogP contribution in [0.4, 0.5) is 5.69 Å². The first-order valence-electron chi connectivity index (χ1n) is 5.91. The van der Waals surface area contributed by atoms with Crippen LogP contribution in [0.2, 0.25) is 5.02 Å². The highest BCUT2D eigenvalue weighted by molar-refractivity contribution is 6.33.